The molecule has 0 heterocycles. The van der Waals surface area contributed by atoms with Crippen molar-refractivity contribution in [3.05, 3.63) is 35.9 Å². The minimum Gasteiger partial charge on any atom is -0.377 e. The van der Waals surface area contributed by atoms with Crippen LogP contribution in [0.4, 0.5) is 18.9 Å². The summed E-state index contributed by atoms with van der Waals surface area (Å²) in [6, 6.07) is 6.93. The minimum atomic E-state index is -4.26. The highest BCUT2D eigenvalue weighted by atomic mass is 19.4. The summed E-state index contributed by atoms with van der Waals surface area (Å²) in [5.41, 5.74) is 1.32. The first kappa shape index (κ1) is 11.6. The van der Waals surface area contributed by atoms with Crippen LogP contribution in [0.25, 0.3) is 6.08 Å². The van der Waals surface area contributed by atoms with Crippen LogP contribution in [-0.4, -0.2) is 20.3 Å². The summed E-state index contributed by atoms with van der Waals surface area (Å²) in [5.74, 6) is 0. The summed E-state index contributed by atoms with van der Waals surface area (Å²) >= 11 is 0. The van der Waals surface area contributed by atoms with E-state index in [1.807, 2.05) is 0 Å². The second-order valence-corrected chi connectivity index (χ2v) is 3.33. The fourth-order valence-corrected chi connectivity index (χ4v) is 1.22. The number of benzene rings is 1. The molecule has 0 N–H and O–H groups in total. The lowest BCUT2D eigenvalue weighted by Gasteiger charge is -2.15. The van der Waals surface area contributed by atoms with Crippen molar-refractivity contribution >= 4 is 11.8 Å². The van der Waals surface area contributed by atoms with E-state index in [-0.39, 0.29) is 6.08 Å². The largest absolute Gasteiger partial charge is 0.409 e. The first-order chi connectivity index (χ1) is 6.90. The molecule has 0 bridgehead atoms. The van der Waals surface area contributed by atoms with Gasteiger partial charge in [0, 0.05) is 25.9 Å². The lowest BCUT2D eigenvalue weighted by Crippen LogP contribution is -2.10. The van der Waals surface area contributed by atoms with Crippen molar-refractivity contribution in [2.75, 3.05) is 19.0 Å². The summed E-state index contributed by atoms with van der Waals surface area (Å²) in [6.45, 7) is 0. The van der Waals surface area contributed by atoms with Gasteiger partial charge in [0.25, 0.3) is 0 Å². The van der Waals surface area contributed by atoms with Crippen molar-refractivity contribution in [3.8, 4) is 0 Å². The minimum absolute atomic E-state index is 0.245. The van der Waals surface area contributed by atoms with E-state index in [0.717, 1.165) is 11.8 Å². The maximum absolute atomic E-state index is 12.0. The lowest BCUT2D eigenvalue weighted by atomic mass is 10.1. The van der Waals surface area contributed by atoms with Crippen LogP contribution in [0, 0.1) is 0 Å². The van der Waals surface area contributed by atoms with Gasteiger partial charge in [-0.25, -0.2) is 0 Å². The number of rotatable bonds is 2. The number of halogens is 3. The lowest BCUT2D eigenvalue weighted by molar-refractivity contribution is -0.0790. The van der Waals surface area contributed by atoms with Crippen LogP contribution in [0.5, 0.6) is 0 Å². The van der Waals surface area contributed by atoms with Crippen molar-refractivity contribution < 1.29 is 13.2 Å². The highest BCUT2D eigenvalue weighted by Crippen LogP contribution is 2.23. The Morgan fingerprint density at radius 1 is 1.13 bits per heavy atom. The van der Waals surface area contributed by atoms with Crippen LogP contribution < -0.4 is 4.90 Å². The number of hydrogen-bond acceptors (Lipinski definition) is 1. The molecule has 82 valence electrons. The molecule has 1 aromatic carbocycles. The summed E-state index contributed by atoms with van der Waals surface area (Å²) < 4.78 is 35.9. The first-order valence-electron chi connectivity index (χ1n) is 4.42. The van der Waals surface area contributed by atoms with Gasteiger partial charge in [-0.15, -0.1) is 0 Å². The summed E-state index contributed by atoms with van der Waals surface area (Å²) in [6.07, 6.45) is -2.94. The Labute approximate surface area is 86.8 Å². The number of alkyl halides is 3. The molecule has 0 saturated carbocycles. The SMILES string of the molecule is CN(C)c1ccccc1/C=C\C(F)(F)F. The zero-order chi connectivity index (χ0) is 11.5. The summed E-state index contributed by atoms with van der Waals surface area (Å²) in [4.78, 5) is 1.77. The fourth-order valence-electron chi connectivity index (χ4n) is 1.22. The molecule has 0 unspecified atom stereocenters. The van der Waals surface area contributed by atoms with Gasteiger partial charge in [-0.2, -0.15) is 13.2 Å². The third-order valence-electron chi connectivity index (χ3n) is 1.87. The first-order valence-corrected chi connectivity index (χ1v) is 4.42. The van der Waals surface area contributed by atoms with E-state index < -0.39 is 6.18 Å². The topological polar surface area (TPSA) is 3.24 Å². The van der Waals surface area contributed by atoms with Crippen molar-refractivity contribution in [2.45, 2.75) is 6.18 Å². The smallest absolute Gasteiger partial charge is 0.377 e. The maximum atomic E-state index is 12.0. The van der Waals surface area contributed by atoms with E-state index >= 15 is 0 Å². The van der Waals surface area contributed by atoms with Gasteiger partial charge in [-0.05, 0) is 17.7 Å². The van der Waals surface area contributed by atoms with Crippen LogP contribution in [0.15, 0.2) is 30.3 Å². The molecule has 1 nitrogen and oxygen atoms in total. The Hall–Kier alpha value is -1.45. The Morgan fingerprint density at radius 3 is 2.27 bits per heavy atom. The van der Waals surface area contributed by atoms with Crippen LogP contribution in [0.1, 0.15) is 5.56 Å². The predicted octanol–water partition coefficient (Wildman–Crippen LogP) is 3.33. The van der Waals surface area contributed by atoms with Gasteiger partial charge in [0.1, 0.15) is 0 Å². The van der Waals surface area contributed by atoms with Crippen molar-refractivity contribution in [2.24, 2.45) is 0 Å². The number of hydrogen-bond donors (Lipinski definition) is 0. The standard InChI is InChI=1S/C11H12F3N/c1-15(2)10-6-4-3-5-9(10)7-8-11(12,13)14/h3-8H,1-2H3/b8-7-. The molecule has 1 rings (SSSR count). The van der Waals surface area contributed by atoms with Gasteiger partial charge in [0.2, 0.25) is 0 Å². The summed E-state index contributed by atoms with van der Waals surface area (Å²) in [5, 5.41) is 0. The van der Waals surface area contributed by atoms with E-state index in [0.29, 0.717) is 5.56 Å². The molecule has 0 radical (unpaired) electrons. The van der Waals surface area contributed by atoms with E-state index in [4.69, 9.17) is 0 Å². The van der Waals surface area contributed by atoms with Gasteiger partial charge < -0.3 is 4.90 Å². The second-order valence-electron chi connectivity index (χ2n) is 3.33. The molecule has 0 atom stereocenters. The molecule has 15 heavy (non-hydrogen) atoms. The Morgan fingerprint density at radius 2 is 1.73 bits per heavy atom. The fraction of sp³-hybridized carbons (Fsp3) is 0.273. The van der Waals surface area contributed by atoms with Crippen LogP contribution in [-0.2, 0) is 0 Å². The second kappa shape index (κ2) is 4.38. The number of allylic oxidation sites excluding steroid dienone is 1. The Bertz CT molecular complexity index is 353. The highest BCUT2D eigenvalue weighted by Gasteiger charge is 2.21. The molecular weight excluding hydrogens is 203 g/mol. The molecule has 0 fully saturated rings. The number of nitrogens with zero attached hydrogens (tertiary/aromatic N) is 1. The number of para-hydroxylation sites is 1. The molecule has 0 amide bonds. The molecule has 4 heteroatoms. The normalized spacial score (nSPS) is 12.1. The third kappa shape index (κ3) is 3.65. The van der Waals surface area contributed by atoms with E-state index in [1.54, 1.807) is 43.3 Å². The maximum Gasteiger partial charge on any atom is 0.409 e. The van der Waals surface area contributed by atoms with Crippen molar-refractivity contribution in [1.29, 1.82) is 0 Å². The van der Waals surface area contributed by atoms with Gasteiger partial charge >= 0.3 is 6.18 Å². The molecule has 0 aliphatic heterocycles. The average Bonchev–Trinajstić information content (AvgIpc) is 2.14. The molecule has 0 saturated heterocycles. The van der Waals surface area contributed by atoms with Crippen molar-refractivity contribution in [3.63, 3.8) is 0 Å². The molecule has 0 aliphatic rings. The Balaban J connectivity index is 2.99. The Kier molecular flexibility index (Phi) is 3.39. The predicted molar refractivity (Wildman–Crippen MR) is 55.9 cm³/mol. The van der Waals surface area contributed by atoms with Crippen LogP contribution >= 0.6 is 0 Å². The average molecular weight is 215 g/mol. The quantitative estimate of drug-likeness (QED) is 0.731. The molecule has 0 aliphatic carbocycles. The molecule has 1 aromatic rings. The third-order valence-corrected chi connectivity index (χ3v) is 1.87. The van der Waals surface area contributed by atoms with E-state index in [2.05, 4.69) is 0 Å². The monoisotopic (exact) mass is 215 g/mol. The summed E-state index contributed by atoms with van der Waals surface area (Å²) in [7, 11) is 3.58. The van der Waals surface area contributed by atoms with E-state index in [1.165, 1.54) is 0 Å². The van der Waals surface area contributed by atoms with E-state index in [9.17, 15) is 13.2 Å². The van der Waals surface area contributed by atoms with Crippen molar-refractivity contribution in [1.82, 2.24) is 0 Å². The van der Waals surface area contributed by atoms with Gasteiger partial charge in [-0.3, -0.25) is 0 Å². The zero-order valence-electron chi connectivity index (χ0n) is 8.55. The highest BCUT2D eigenvalue weighted by molar-refractivity contribution is 5.67. The number of anilines is 1. The van der Waals surface area contributed by atoms with Gasteiger partial charge in [-0.1, -0.05) is 18.2 Å². The van der Waals surface area contributed by atoms with Gasteiger partial charge in [0.05, 0.1) is 0 Å². The molecule has 0 aromatic heterocycles. The van der Waals surface area contributed by atoms with Gasteiger partial charge in [0.15, 0.2) is 0 Å². The van der Waals surface area contributed by atoms with Crippen LogP contribution in [0.2, 0.25) is 0 Å². The molecular formula is C11H12F3N. The zero-order valence-corrected chi connectivity index (χ0v) is 8.55. The molecule has 0 spiro atoms. The van der Waals surface area contributed by atoms with Crippen LogP contribution in [0.3, 0.4) is 0 Å².